The van der Waals surface area contributed by atoms with E-state index in [0.717, 1.165) is 26.4 Å². The van der Waals surface area contributed by atoms with E-state index in [-0.39, 0.29) is 12.5 Å². The SMILES string of the molecule is Cc1cccc(C)c1C(=O)NCc1ccc(C#CCO)s1. The molecule has 0 saturated heterocycles. The van der Waals surface area contributed by atoms with Gasteiger partial charge < -0.3 is 10.4 Å². The molecular weight excluding hydrogens is 282 g/mol. The largest absolute Gasteiger partial charge is 0.384 e. The zero-order valence-electron chi connectivity index (χ0n) is 12.1. The summed E-state index contributed by atoms with van der Waals surface area (Å²) in [5.41, 5.74) is 2.70. The highest BCUT2D eigenvalue weighted by Crippen LogP contribution is 2.16. The summed E-state index contributed by atoms with van der Waals surface area (Å²) in [4.78, 5) is 14.2. The molecule has 1 aromatic heterocycles. The van der Waals surface area contributed by atoms with Gasteiger partial charge in [0.05, 0.1) is 11.4 Å². The molecule has 3 nitrogen and oxygen atoms in total. The molecule has 0 atom stereocenters. The van der Waals surface area contributed by atoms with Crippen LogP contribution in [-0.4, -0.2) is 17.6 Å². The van der Waals surface area contributed by atoms with Gasteiger partial charge in [0.2, 0.25) is 0 Å². The van der Waals surface area contributed by atoms with Gasteiger partial charge >= 0.3 is 0 Å². The maximum Gasteiger partial charge on any atom is 0.252 e. The van der Waals surface area contributed by atoms with Crippen molar-refractivity contribution in [2.45, 2.75) is 20.4 Å². The van der Waals surface area contributed by atoms with Gasteiger partial charge in [-0.2, -0.15) is 0 Å². The van der Waals surface area contributed by atoms with Crippen LogP contribution in [0.15, 0.2) is 30.3 Å². The Morgan fingerprint density at radius 2 is 1.95 bits per heavy atom. The lowest BCUT2D eigenvalue weighted by atomic mass is 10.0. The van der Waals surface area contributed by atoms with Crippen molar-refractivity contribution in [3.63, 3.8) is 0 Å². The predicted octanol–water partition coefficient (Wildman–Crippen LogP) is 2.64. The summed E-state index contributed by atoms with van der Waals surface area (Å²) < 4.78 is 0. The Bertz CT molecular complexity index is 687. The van der Waals surface area contributed by atoms with Gasteiger partial charge in [0.1, 0.15) is 6.61 Å². The van der Waals surface area contributed by atoms with Crippen molar-refractivity contribution < 1.29 is 9.90 Å². The molecule has 21 heavy (non-hydrogen) atoms. The minimum absolute atomic E-state index is 0.0537. The van der Waals surface area contributed by atoms with Crippen LogP contribution in [0.5, 0.6) is 0 Å². The fourth-order valence-corrected chi connectivity index (χ4v) is 2.92. The van der Waals surface area contributed by atoms with Crippen molar-refractivity contribution in [2.75, 3.05) is 6.61 Å². The van der Waals surface area contributed by atoms with Gasteiger partial charge in [0.15, 0.2) is 0 Å². The molecule has 0 aliphatic heterocycles. The highest BCUT2D eigenvalue weighted by molar-refractivity contribution is 7.12. The lowest BCUT2D eigenvalue weighted by Crippen LogP contribution is -2.24. The van der Waals surface area contributed by atoms with Crippen LogP contribution in [0.3, 0.4) is 0 Å². The number of rotatable bonds is 3. The van der Waals surface area contributed by atoms with E-state index >= 15 is 0 Å². The second-order valence-electron chi connectivity index (χ2n) is 4.68. The van der Waals surface area contributed by atoms with Gasteiger partial charge in [-0.3, -0.25) is 4.79 Å². The molecule has 0 bridgehead atoms. The molecule has 0 aliphatic carbocycles. The first kappa shape index (κ1) is 15.3. The molecule has 2 N–H and O–H groups in total. The Hall–Kier alpha value is -2.09. The average Bonchev–Trinajstić information content (AvgIpc) is 2.90. The van der Waals surface area contributed by atoms with Crippen LogP contribution >= 0.6 is 11.3 Å². The molecule has 0 radical (unpaired) electrons. The van der Waals surface area contributed by atoms with Gasteiger partial charge in [-0.1, -0.05) is 30.0 Å². The van der Waals surface area contributed by atoms with Crippen molar-refractivity contribution in [3.05, 3.63) is 56.8 Å². The number of aliphatic hydroxyl groups excluding tert-OH is 1. The van der Waals surface area contributed by atoms with Gasteiger partial charge in [0.25, 0.3) is 5.91 Å². The monoisotopic (exact) mass is 299 g/mol. The summed E-state index contributed by atoms with van der Waals surface area (Å²) in [7, 11) is 0. The summed E-state index contributed by atoms with van der Waals surface area (Å²) in [6, 6.07) is 9.67. The van der Waals surface area contributed by atoms with Crippen LogP contribution in [0, 0.1) is 25.7 Å². The first-order chi connectivity index (χ1) is 10.1. The van der Waals surface area contributed by atoms with Crippen LogP contribution in [-0.2, 0) is 6.54 Å². The zero-order chi connectivity index (χ0) is 15.2. The third kappa shape index (κ3) is 3.94. The maximum atomic E-state index is 12.3. The highest BCUT2D eigenvalue weighted by Gasteiger charge is 2.11. The van der Waals surface area contributed by atoms with Crippen LogP contribution in [0.2, 0.25) is 0 Å². The molecule has 0 unspecified atom stereocenters. The number of aliphatic hydroxyl groups is 1. The van der Waals surface area contributed by atoms with Crippen LogP contribution in [0.1, 0.15) is 31.2 Å². The van der Waals surface area contributed by atoms with E-state index in [1.807, 2.05) is 44.2 Å². The minimum atomic E-state index is -0.142. The third-order valence-corrected chi connectivity index (χ3v) is 4.08. The van der Waals surface area contributed by atoms with E-state index < -0.39 is 0 Å². The Labute approximate surface area is 128 Å². The van der Waals surface area contributed by atoms with Gasteiger partial charge in [-0.15, -0.1) is 11.3 Å². The van der Waals surface area contributed by atoms with E-state index in [4.69, 9.17) is 5.11 Å². The molecule has 0 saturated carbocycles. The summed E-state index contributed by atoms with van der Waals surface area (Å²) >= 11 is 1.52. The number of carbonyl (C=O) groups excluding carboxylic acids is 1. The number of amides is 1. The average molecular weight is 299 g/mol. The Balaban J connectivity index is 2.03. The van der Waals surface area contributed by atoms with E-state index in [1.54, 1.807) is 0 Å². The molecule has 4 heteroatoms. The molecule has 2 aromatic rings. The smallest absolute Gasteiger partial charge is 0.252 e. The van der Waals surface area contributed by atoms with Gasteiger partial charge in [-0.05, 0) is 37.1 Å². The molecule has 2 rings (SSSR count). The number of thiophene rings is 1. The molecule has 0 spiro atoms. The molecule has 108 valence electrons. The molecular formula is C17H17NO2S. The second-order valence-corrected chi connectivity index (χ2v) is 5.84. The number of aryl methyl sites for hydroxylation is 2. The standard InChI is InChI=1S/C17H17NO2S/c1-12-5-3-6-13(2)16(12)17(20)18-11-15-9-8-14(21-15)7-4-10-19/h3,5-6,8-9,19H,10-11H2,1-2H3,(H,18,20). The van der Waals surface area contributed by atoms with Crippen molar-refractivity contribution in [2.24, 2.45) is 0 Å². The molecule has 0 fully saturated rings. The molecule has 0 aliphatic rings. The number of benzene rings is 1. The number of hydrogen-bond donors (Lipinski definition) is 2. The predicted molar refractivity (Wildman–Crippen MR) is 85.4 cm³/mol. The quantitative estimate of drug-likeness (QED) is 0.856. The topological polar surface area (TPSA) is 49.3 Å². The lowest BCUT2D eigenvalue weighted by molar-refractivity contribution is 0.0950. The molecule has 1 heterocycles. The summed E-state index contributed by atoms with van der Waals surface area (Å²) in [5.74, 6) is 5.42. The Morgan fingerprint density at radius 3 is 2.62 bits per heavy atom. The zero-order valence-corrected chi connectivity index (χ0v) is 12.9. The van der Waals surface area contributed by atoms with Crippen LogP contribution in [0.4, 0.5) is 0 Å². The Kier molecular flexibility index (Phi) is 5.15. The second kappa shape index (κ2) is 7.07. The highest BCUT2D eigenvalue weighted by atomic mass is 32.1. The number of hydrogen-bond acceptors (Lipinski definition) is 3. The van der Waals surface area contributed by atoms with Crippen molar-refractivity contribution >= 4 is 17.2 Å². The summed E-state index contributed by atoms with van der Waals surface area (Å²) in [5, 5.41) is 11.6. The van der Waals surface area contributed by atoms with Crippen LogP contribution < -0.4 is 5.32 Å². The van der Waals surface area contributed by atoms with E-state index in [0.29, 0.717) is 6.54 Å². The minimum Gasteiger partial charge on any atom is -0.384 e. The Morgan fingerprint density at radius 1 is 1.24 bits per heavy atom. The fourth-order valence-electron chi connectivity index (χ4n) is 2.10. The summed E-state index contributed by atoms with van der Waals surface area (Å²) in [6.07, 6.45) is 0. The number of carbonyl (C=O) groups is 1. The van der Waals surface area contributed by atoms with Crippen molar-refractivity contribution in [1.29, 1.82) is 0 Å². The van der Waals surface area contributed by atoms with E-state index in [1.165, 1.54) is 11.3 Å². The van der Waals surface area contributed by atoms with Gasteiger partial charge in [0, 0.05) is 10.4 Å². The van der Waals surface area contributed by atoms with Crippen LogP contribution in [0.25, 0.3) is 0 Å². The summed E-state index contributed by atoms with van der Waals surface area (Å²) in [6.45, 7) is 4.22. The van der Waals surface area contributed by atoms with Gasteiger partial charge in [-0.25, -0.2) is 0 Å². The normalized spacial score (nSPS) is 9.86. The van der Waals surface area contributed by atoms with E-state index in [2.05, 4.69) is 17.2 Å². The third-order valence-electron chi connectivity index (χ3n) is 3.08. The lowest BCUT2D eigenvalue weighted by Gasteiger charge is -2.09. The first-order valence-corrected chi connectivity index (χ1v) is 7.46. The number of nitrogens with one attached hydrogen (secondary N) is 1. The fraction of sp³-hybridized carbons (Fsp3) is 0.235. The molecule has 1 amide bonds. The molecule has 1 aromatic carbocycles. The van der Waals surface area contributed by atoms with Crippen molar-refractivity contribution in [1.82, 2.24) is 5.32 Å². The van der Waals surface area contributed by atoms with E-state index in [9.17, 15) is 4.79 Å². The maximum absolute atomic E-state index is 12.3. The van der Waals surface area contributed by atoms with Crippen molar-refractivity contribution in [3.8, 4) is 11.8 Å². The first-order valence-electron chi connectivity index (χ1n) is 6.64.